The van der Waals surface area contributed by atoms with Crippen molar-refractivity contribution < 1.29 is 0 Å². The normalized spacial score (nSPS) is 14.4. The number of benzene rings is 12. The van der Waals surface area contributed by atoms with Gasteiger partial charge in [0.25, 0.3) is 0 Å². The van der Waals surface area contributed by atoms with E-state index in [1.54, 1.807) is 11.1 Å². The highest BCUT2D eigenvalue weighted by Gasteiger charge is 2.46. The fourth-order valence-corrected chi connectivity index (χ4v) is 18.5. The van der Waals surface area contributed by atoms with Crippen molar-refractivity contribution in [3.8, 4) is 100 Å². The Kier molecular flexibility index (Phi) is 22.8. The Morgan fingerprint density at radius 2 is 0.333 bits per heavy atom. The second-order valence-electron chi connectivity index (χ2n) is 36.0. The average molecular weight is 1470 g/mol. The van der Waals surface area contributed by atoms with E-state index in [1.165, 1.54) is 189 Å². The van der Waals surface area contributed by atoms with Gasteiger partial charge in [0.1, 0.15) is 0 Å². The van der Waals surface area contributed by atoms with Crippen LogP contribution in [-0.4, -0.2) is 156 Å². The van der Waals surface area contributed by atoms with Crippen molar-refractivity contribution in [2.45, 2.75) is 96.3 Å². The van der Waals surface area contributed by atoms with Gasteiger partial charge in [0.15, 0.2) is 0 Å². The quantitative estimate of drug-likeness (QED) is 0.150. The second kappa shape index (κ2) is 31.9. The van der Waals surface area contributed by atoms with Crippen molar-refractivity contribution in [3.63, 3.8) is 0 Å². The first kappa shape index (κ1) is 79.5. The van der Waals surface area contributed by atoms with Gasteiger partial charge in [0, 0.05) is 16.2 Å². The Labute approximate surface area is 667 Å². The molecular formula is C105H120N6. The molecule has 12 aromatic carbocycles. The second-order valence-corrected chi connectivity index (χ2v) is 36.0. The van der Waals surface area contributed by atoms with Crippen LogP contribution >= 0.6 is 0 Å². The predicted octanol–water partition coefficient (Wildman–Crippen LogP) is 22.5. The van der Waals surface area contributed by atoms with Crippen LogP contribution in [0.15, 0.2) is 218 Å². The molecule has 0 saturated heterocycles. The van der Waals surface area contributed by atoms with Crippen molar-refractivity contribution in [1.29, 1.82) is 0 Å². The summed E-state index contributed by atoms with van der Waals surface area (Å²) in [5.41, 5.74) is 53.4. The molecule has 0 atom stereocenters. The van der Waals surface area contributed by atoms with E-state index in [-0.39, 0.29) is 16.2 Å². The highest BCUT2D eigenvalue weighted by molar-refractivity contribution is 6.06. The molecule has 0 fully saturated rings. The maximum atomic E-state index is 2.41. The molecule has 0 heterocycles. The lowest BCUT2D eigenvalue weighted by molar-refractivity contribution is 0.505. The maximum Gasteiger partial charge on any atom is 0.0159 e. The van der Waals surface area contributed by atoms with Gasteiger partial charge in [-0.3, -0.25) is 0 Å². The zero-order valence-corrected chi connectivity index (χ0v) is 71.2. The van der Waals surface area contributed by atoms with E-state index in [0.29, 0.717) is 0 Å². The standard InChI is InChI=1S/3C29H22.6C3H9N/c2*1-29(2)23-13-11-19-15-17-7-3-5-9-21(17)25(19)27(23)28-24(29)14-12-20-16-18-8-4-6-10-22(18)26(20)28;1-29(2)25-13-11-21-19-9-5-3-7-17(19)15-23(21)27(25)28-24-16-18-8-4-6-10-20(18)22(24)12-14-26(28)29;6*1-4(2)3/h3*3-14H,15-16H2,1-2H3;6*1-3H3. The van der Waals surface area contributed by atoms with E-state index in [9.17, 15) is 0 Å². The maximum absolute atomic E-state index is 2.41. The van der Waals surface area contributed by atoms with Crippen LogP contribution in [0.1, 0.15) is 142 Å². The van der Waals surface area contributed by atoms with Gasteiger partial charge in [0.05, 0.1) is 0 Å². The van der Waals surface area contributed by atoms with Gasteiger partial charge in [-0.2, -0.15) is 0 Å². The zero-order chi connectivity index (χ0) is 79.4. The Morgan fingerprint density at radius 1 is 0.162 bits per heavy atom. The number of fused-ring (bicyclic) bond motifs is 33. The molecule has 6 heteroatoms. The van der Waals surface area contributed by atoms with Crippen molar-refractivity contribution in [1.82, 2.24) is 29.4 Å². The molecule has 21 rings (SSSR count). The molecule has 6 nitrogen and oxygen atoms in total. The molecule has 0 amide bonds. The summed E-state index contributed by atoms with van der Waals surface area (Å²) in [6.45, 7) is 14.4. The zero-order valence-electron chi connectivity index (χ0n) is 71.2. The Bertz CT molecular complexity index is 4900. The minimum absolute atomic E-state index is 0.0315. The van der Waals surface area contributed by atoms with Gasteiger partial charge in [-0.1, -0.05) is 260 Å². The third kappa shape index (κ3) is 15.0. The van der Waals surface area contributed by atoms with Crippen molar-refractivity contribution in [2.75, 3.05) is 127 Å². The van der Waals surface area contributed by atoms with Gasteiger partial charge in [-0.15, -0.1) is 0 Å². The van der Waals surface area contributed by atoms with E-state index in [0.717, 1.165) is 38.5 Å². The lowest BCUT2D eigenvalue weighted by atomic mass is 9.81. The highest BCUT2D eigenvalue weighted by atomic mass is 15.0. The summed E-state index contributed by atoms with van der Waals surface area (Å²) in [5.74, 6) is 0. The molecule has 111 heavy (non-hydrogen) atoms. The van der Waals surface area contributed by atoms with Crippen LogP contribution in [0.2, 0.25) is 0 Å². The van der Waals surface area contributed by atoms with Gasteiger partial charge < -0.3 is 29.4 Å². The first-order valence-electron chi connectivity index (χ1n) is 40.0. The molecule has 0 unspecified atom stereocenters. The van der Waals surface area contributed by atoms with Crippen LogP contribution in [0.25, 0.3) is 100 Å². The molecule has 0 N–H and O–H groups in total. The molecule has 0 saturated carbocycles. The molecule has 0 aromatic heterocycles. The summed E-state index contributed by atoms with van der Waals surface area (Å²) in [4.78, 5) is 12.0. The molecule has 0 aliphatic heterocycles. The minimum atomic E-state index is 0.0315. The van der Waals surface area contributed by atoms with Crippen LogP contribution in [-0.2, 0) is 54.8 Å². The van der Waals surface area contributed by atoms with E-state index < -0.39 is 0 Å². The molecule has 12 aromatic rings. The van der Waals surface area contributed by atoms with Crippen LogP contribution in [0.4, 0.5) is 0 Å². The average Bonchev–Trinajstić information content (AvgIpc) is 1.54. The largest absolute Gasteiger partial charge is 0.312 e. The first-order chi connectivity index (χ1) is 52.8. The van der Waals surface area contributed by atoms with Gasteiger partial charge in [0.2, 0.25) is 0 Å². The Hall–Kier alpha value is -9.60. The first-order valence-corrected chi connectivity index (χ1v) is 40.0. The molecule has 0 radical (unpaired) electrons. The van der Waals surface area contributed by atoms with Crippen LogP contribution < -0.4 is 0 Å². The van der Waals surface area contributed by atoms with E-state index >= 15 is 0 Å². The fourth-order valence-electron chi connectivity index (χ4n) is 18.5. The van der Waals surface area contributed by atoms with Gasteiger partial charge >= 0.3 is 0 Å². The van der Waals surface area contributed by atoms with E-state index in [4.69, 9.17) is 0 Å². The van der Waals surface area contributed by atoms with Gasteiger partial charge in [-0.05, 0) is 366 Å². The third-order valence-corrected chi connectivity index (χ3v) is 22.6. The lowest BCUT2D eigenvalue weighted by Crippen LogP contribution is -2.15. The van der Waals surface area contributed by atoms with Crippen LogP contribution in [0, 0.1) is 0 Å². The number of nitrogens with zero attached hydrogens (tertiary/aromatic N) is 6. The molecular weight excluding hydrogens is 1350 g/mol. The van der Waals surface area contributed by atoms with Crippen LogP contribution in [0.3, 0.4) is 0 Å². The lowest BCUT2D eigenvalue weighted by Gasteiger charge is -2.22. The van der Waals surface area contributed by atoms with Crippen molar-refractivity contribution >= 4 is 0 Å². The summed E-state index contributed by atoms with van der Waals surface area (Å²) < 4.78 is 0. The fraction of sp³-hybridized carbons (Fsp3) is 0.314. The molecule has 9 aliphatic carbocycles. The van der Waals surface area contributed by atoms with E-state index in [1.807, 2.05) is 156 Å². The van der Waals surface area contributed by atoms with Crippen molar-refractivity contribution in [3.05, 3.63) is 319 Å². The van der Waals surface area contributed by atoms with Gasteiger partial charge in [-0.25, -0.2) is 0 Å². The van der Waals surface area contributed by atoms with E-state index in [2.05, 4.69) is 260 Å². The predicted molar refractivity (Wildman–Crippen MR) is 479 cm³/mol. The minimum Gasteiger partial charge on any atom is -0.312 e. The molecule has 0 spiro atoms. The Balaban J connectivity index is 0.000000127. The number of rotatable bonds is 0. The SMILES string of the molecule is CC1(C)c2ccc3c(c2-c2c1ccc1c2-c2ccccc2C1)-c1ccccc1C3.CC1(C)c2ccc3c(c2-c2c1ccc1c2-c2ccccc2C1)-c1ccccc1C3.CC1(C)c2ccc3c(c2-c2c1ccc1c2Cc2ccccc2-1)Cc1ccccc1-3.CN(C)C.CN(C)C.CN(C)C.CN(C)C.CN(C)C.CN(C)C. The third-order valence-electron chi connectivity index (χ3n) is 22.6. The summed E-state index contributed by atoms with van der Waals surface area (Å²) in [7, 11) is 36.0. The number of hydrogen-bond donors (Lipinski definition) is 0. The summed E-state index contributed by atoms with van der Waals surface area (Å²) in [6, 6.07) is 82.6. The summed E-state index contributed by atoms with van der Waals surface area (Å²) in [5, 5.41) is 0. The molecule has 0 bridgehead atoms. The highest BCUT2D eigenvalue weighted by Crippen LogP contribution is 2.63. The smallest absolute Gasteiger partial charge is 0.0159 e. The number of hydrogen-bond acceptors (Lipinski definition) is 6. The molecule has 570 valence electrons. The monoisotopic (exact) mass is 1460 g/mol. The topological polar surface area (TPSA) is 19.4 Å². The molecule has 9 aliphatic rings. The summed E-state index contributed by atoms with van der Waals surface area (Å²) >= 11 is 0. The summed E-state index contributed by atoms with van der Waals surface area (Å²) in [6.07, 6.45) is 6.34. The van der Waals surface area contributed by atoms with Crippen LogP contribution in [0.5, 0.6) is 0 Å². The Morgan fingerprint density at radius 3 is 0.550 bits per heavy atom. The van der Waals surface area contributed by atoms with Crippen molar-refractivity contribution in [2.24, 2.45) is 0 Å².